The predicted octanol–water partition coefficient (Wildman–Crippen LogP) is 0.775. The first kappa shape index (κ1) is 8.24. The molecule has 10 heavy (non-hydrogen) atoms. The average molecular weight is 160 g/mol. The van der Waals surface area contributed by atoms with Crippen molar-refractivity contribution in [3.8, 4) is 0 Å². The van der Waals surface area contributed by atoms with Crippen molar-refractivity contribution in [2.45, 2.75) is 31.7 Å². The molecule has 1 heterocycles. The van der Waals surface area contributed by atoms with E-state index in [0.29, 0.717) is 0 Å². The molecule has 0 spiro atoms. The first-order valence-corrected chi connectivity index (χ1v) is 6.16. The monoisotopic (exact) mass is 160 g/mol. The summed E-state index contributed by atoms with van der Waals surface area (Å²) >= 11 is 0. The molecule has 0 aromatic carbocycles. The summed E-state index contributed by atoms with van der Waals surface area (Å²) in [7, 11) is 0.276. The topological polar surface area (TPSA) is 21.8 Å². The summed E-state index contributed by atoms with van der Waals surface area (Å²) < 4.78 is 10.2. The van der Waals surface area contributed by atoms with Crippen LogP contribution in [0.2, 0.25) is 12.1 Å². The Balaban J connectivity index is 1.68. The fourth-order valence-corrected chi connectivity index (χ4v) is 1.94. The molecule has 0 N–H and O–H groups in total. The van der Waals surface area contributed by atoms with Gasteiger partial charge in [-0.15, -0.1) is 0 Å². The number of ether oxygens (including phenoxy) is 2. The number of hydrogen-bond donors (Lipinski definition) is 0. The molecular formula is C7H16O2Si. The van der Waals surface area contributed by atoms with Crippen molar-refractivity contribution < 1.29 is 9.47 Å². The molecule has 1 rings (SSSR count). The zero-order chi connectivity index (χ0) is 7.23. The van der Waals surface area contributed by atoms with Gasteiger partial charge in [-0.2, -0.15) is 0 Å². The van der Waals surface area contributed by atoms with Crippen molar-refractivity contribution in [2.24, 2.45) is 0 Å². The normalized spacial score (nSPS) is 24.3. The molecule has 0 aromatic rings. The molecule has 3 heteroatoms. The van der Waals surface area contributed by atoms with E-state index in [0.717, 1.165) is 13.2 Å². The Bertz CT molecular complexity index is 83.7. The van der Waals surface area contributed by atoms with Crippen LogP contribution in [-0.4, -0.2) is 29.0 Å². The van der Waals surface area contributed by atoms with Crippen LogP contribution in [0.15, 0.2) is 0 Å². The minimum atomic E-state index is 0.170. The summed E-state index contributed by atoms with van der Waals surface area (Å²) in [5.74, 6) is 0. The standard InChI is InChI=1S/C7H16O2Si/c1-2-10-5-3-4-8-7-6-9-7/h7H,2-6,10H2,1H3. The summed E-state index contributed by atoms with van der Waals surface area (Å²) in [6.07, 6.45) is 1.42. The second-order valence-electron chi connectivity index (χ2n) is 2.69. The molecule has 1 fully saturated rings. The minimum Gasteiger partial charge on any atom is -0.350 e. The highest BCUT2D eigenvalue weighted by Gasteiger charge is 2.22. The molecule has 0 radical (unpaired) electrons. The van der Waals surface area contributed by atoms with Crippen LogP contribution >= 0.6 is 0 Å². The van der Waals surface area contributed by atoms with Crippen LogP contribution in [0.4, 0.5) is 0 Å². The zero-order valence-electron chi connectivity index (χ0n) is 6.64. The van der Waals surface area contributed by atoms with E-state index in [1.807, 2.05) is 0 Å². The Morgan fingerprint density at radius 3 is 3.10 bits per heavy atom. The van der Waals surface area contributed by atoms with Gasteiger partial charge in [0.2, 0.25) is 0 Å². The molecule has 60 valence electrons. The van der Waals surface area contributed by atoms with Crippen molar-refractivity contribution in [1.29, 1.82) is 0 Å². The smallest absolute Gasteiger partial charge is 0.181 e. The van der Waals surface area contributed by atoms with Gasteiger partial charge in [0.05, 0.1) is 0 Å². The molecule has 2 nitrogen and oxygen atoms in total. The second kappa shape index (κ2) is 4.88. The van der Waals surface area contributed by atoms with Crippen molar-refractivity contribution in [2.75, 3.05) is 13.2 Å². The minimum absolute atomic E-state index is 0.170. The maximum Gasteiger partial charge on any atom is 0.181 e. The molecule has 1 aliphatic rings. The van der Waals surface area contributed by atoms with E-state index >= 15 is 0 Å². The molecule has 0 aliphatic carbocycles. The summed E-state index contributed by atoms with van der Waals surface area (Å²) in [5.41, 5.74) is 0. The molecule has 1 unspecified atom stereocenters. The zero-order valence-corrected chi connectivity index (χ0v) is 8.05. The van der Waals surface area contributed by atoms with Gasteiger partial charge in [-0.1, -0.05) is 19.0 Å². The first-order chi connectivity index (χ1) is 4.93. The van der Waals surface area contributed by atoms with Gasteiger partial charge >= 0.3 is 0 Å². The lowest BCUT2D eigenvalue weighted by molar-refractivity contribution is 0.0508. The van der Waals surface area contributed by atoms with Crippen LogP contribution in [0.3, 0.4) is 0 Å². The fourth-order valence-electron chi connectivity index (χ4n) is 0.879. The average Bonchev–Trinajstić information content (AvgIpc) is 2.71. The molecule has 0 amide bonds. The largest absolute Gasteiger partial charge is 0.350 e. The lowest BCUT2D eigenvalue weighted by Crippen LogP contribution is -1.98. The Morgan fingerprint density at radius 2 is 2.50 bits per heavy atom. The van der Waals surface area contributed by atoms with Crippen molar-refractivity contribution in [3.63, 3.8) is 0 Å². The summed E-state index contributed by atoms with van der Waals surface area (Å²) in [4.78, 5) is 0. The van der Waals surface area contributed by atoms with E-state index in [4.69, 9.17) is 9.47 Å². The van der Waals surface area contributed by atoms with E-state index < -0.39 is 0 Å². The van der Waals surface area contributed by atoms with Crippen LogP contribution in [-0.2, 0) is 9.47 Å². The number of epoxide rings is 1. The van der Waals surface area contributed by atoms with Crippen LogP contribution in [0, 0.1) is 0 Å². The van der Waals surface area contributed by atoms with Crippen molar-refractivity contribution in [1.82, 2.24) is 0 Å². The highest BCUT2D eigenvalue weighted by molar-refractivity contribution is 6.35. The summed E-state index contributed by atoms with van der Waals surface area (Å²) in [6, 6.07) is 2.86. The Morgan fingerprint density at radius 1 is 1.70 bits per heavy atom. The van der Waals surface area contributed by atoms with Gasteiger partial charge < -0.3 is 9.47 Å². The van der Waals surface area contributed by atoms with E-state index in [1.165, 1.54) is 18.5 Å². The summed E-state index contributed by atoms with van der Waals surface area (Å²) in [5, 5.41) is 0. The van der Waals surface area contributed by atoms with E-state index in [1.54, 1.807) is 0 Å². The van der Waals surface area contributed by atoms with Crippen LogP contribution in [0.25, 0.3) is 0 Å². The number of hydrogen-bond acceptors (Lipinski definition) is 2. The SMILES string of the molecule is CC[SiH2]CCCOC1CO1. The molecule has 0 saturated carbocycles. The Labute approximate surface area is 64.7 Å². The van der Waals surface area contributed by atoms with Gasteiger partial charge in [-0.25, -0.2) is 0 Å². The maximum absolute atomic E-state index is 5.30. The van der Waals surface area contributed by atoms with Gasteiger partial charge in [0.15, 0.2) is 6.29 Å². The third kappa shape index (κ3) is 4.03. The fraction of sp³-hybridized carbons (Fsp3) is 1.00. The van der Waals surface area contributed by atoms with Gasteiger partial charge in [0.1, 0.15) is 6.61 Å². The molecule has 0 aromatic heterocycles. The van der Waals surface area contributed by atoms with E-state index in [2.05, 4.69) is 6.92 Å². The second-order valence-corrected chi connectivity index (χ2v) is 5.11. The molecule has 1 atom stereocenters. The van der Waals surface area contributed by atoms with Crippen LogP contribution < -0.4 is 0 Å². The molecular weight excluding hydrogens is 144 g/mol. The quantitative estimate of drug-likeness (QED) is 0.325. The lowest BCUT2D eigenvalue weighted by atomic mass is 10.5. The third-order valence-electron chi connectivity index (χ3n) is 1.60. The predicted molar refractivity (Wildman–Crippen MR) is 44.1 cm³/mol. The molecule has 1 saturated heterocycles. The first-order valence-electron chi connectivity index (χ1n) is 4.16. The Kier molecular flexibility index (Phi) is 4.02. The van der Waals surface area contributed by atoms with Crippen LogP contribution in [0.1, 0.15) is 13.3 Å². The lowest BCUT2D eigenvalue weighted by Gasteiger charge is -1.97. The van der Waals surface area contributed by atoms with Crippen LogP contribution in [0.5, 0.6) is 0 Å². The highest BCUT2D eigenvalue weighted by atomic mass is 28.2. The molecule has 1 aliphatic heterocycles. The van der Waals surface area contributed by atoms with Crippen molar-refractivity contribution >= 4 is 9.52 Å². The Hall–Kier alpha value is 0.137. The summed E-state index contributed by atoms with van der Waals surface area (Å²) in [6.45, 7) is 4.01. The van der Waals surface area contributed by atoms with Gasteiger partial charge in [-0.05, 0) is 6.42 Å². The van der Waals surface area contributed by atoms with Gasteiger partial charge in [0, 0.05) is 16.1 Å². The molecule has 0 bridgehead atoms. The van der Waals surface area contributed by atoms with E-state index in [-0.39, 0.29) is 15.8 Å². The van der Waals surface area contributed by atoms with Gasteiger partial charge in [0.25, 0.3) is 0 Å². The van der Waals surface area contributed by atoms with Crippen molar-refractivity contribution in [3.05, 3.63) is 0 Å². The highest BCUT2D eigenvalue weighted by Crippen LogP contribution is 2.10. The van der Waals surface area contributed by atoms with Gasteiger partial charge in [-0.3, -0.25) is 0 Å². The maximum atomic E-state index is 5.30. The third-order valence-corrected chi connectivity index (χ3v) is 3.31. The number of rotatable bonds is 6. The van der Waals surface area contributed by atoms with E-state index in [9.17, 15) is 0 Å².